The fourth-order valence-electron chi connectivity index (χ4n) is 2.19. The fourth-order valence-corrected chi connectivity index (χ4v) is 2.19. The molecule has 2 aromatic rings. The van der Waals surface area contributed by atoms with Gasteiger partial charge in [0, 0.05) is 38.6 Å². The van der Waals surface area contributed by atoms with Gasteiger partial charge in [0.15, 0.2) is 5.69 Å². The minimum atomic E-state index is -1.07. The Morgan fingerprint density at radius 3 is 2.19 bits per heavy atom. The Kier molecular flexibility index (Phi) is 3.59. The van der Waals surface area contributed by atoms with Crippen LogP contribution in [0.5, 0.6) is 0 Å². The summed E-state index contributed by atoms with van der Waals surface area (Å²) in [5.41, 5.74) is -0.0462. The van der Waals surface area contributed by atoms with E-state index in [1.165, 1.54) is 12.4 Å². The number of piperazine rings is 1. The number of carboxylic acid groups (broad SMARTS) is 1. The molecule has 3 heterocycles. The van der Waals surface area contributed by atoms with Crippen LogP contribution in [-0.4, -0.2) is 57.2 Å². The third-order valence-corrected chi connectivity index (χ3v) is 3.30. The highest BCUT2D eigenvalue weighted by atomic mass is 16.4. The normalized spacial score (nSPS) is 15.0. The number of aromatic carboxylic acids is 1. The maximum absolute atomic E-state index is 10.8. The van der Waals surface area contributed by atoms with Crippen LogP contribution in [-0.2, 0) is 0 Å². The topological polar surface area (TPSA) is 95.3 Å². The zero-order valence-corrected chi connectivity index (χ0v) is 11.3. The number of hydrogen-bond donors (Lipinski definition) is 1. The van der Waals surface area contributed by atoms with E-state index in [0.29, 0.717) is 5.82 Å². The van der Waals surface area contributed by atoms with Gasteiger partial charge in [0.05, 0.1) is 12.4 Å². The molecule has 0 bridgehead atoms. The summed E-state index contributed by atoms with van der Waals surface area (Å²) in [6, 6.07) is 1.79. The molecule has 1 aliphatic rings. The Hall–Kier alpha value is -2.77. The highest BCUT2D eigenvalue weighted by Crippen LogP contribution is 2.15. The second-order valence-corrected chi connectivity index (χ2v) is 4.59. The third-order valence-electron chi connectivity index (χ3n) is 3.30. The van der Waals surface area contributed by atoms with Crippen molar-refractivity contribution in [3.8, 4) is 0 Å². The molecule has 1 fully saturated rings. The molecule has 2 aromatic heterocycles. The van der Waals surface area contributed by atoms with Gasteiger partial charge in [-0.25, -0.2) is 24.7 Å². The minimum absolute atomic E-state index is 0.0462. The SMILES string of the molecule is O=C(O)c1cnc(N2CCN(c3ncccn3)CC2)cn1. The number of aromatic nitrogens is 4. The van der Waals surface area contributed by atoms with E-state index in [1.54, 1.807) is 18.5 Å². The Bertz CT molecular complexity index is 610. The molecule has 0 saturated carbocycles. The average Bonchev–Trinajstić information content (AvgIpc) is 2.56. The zero-order valence-electron chi connectivity index (χ0n) is 11.3. The number of hydrogen-bond acceptors (Lipinski definition) is 7. The van der Waals surface area contributed by atoms with Crippen LogP contribution in [0.15, 0.2) is 30.9 Å². The van der Waals surface area contributed by atoms with Crippen molar-refractivity contribution < 1.29 is 9.90 Å². The number of anilines is 2. The average molecular weight is 286 g/mol. The van der Waals surface area contributed by atoms with Crippen molar-refractivity contribution >= 4 is 17.7 Å². The molecule has 0 aliphatic carbocycles. The molecule has 21 heavy (non-hydrogen) atoms. The third kappa shape index (κ3) is 2.88. The molecule has 108 valence electrons. The molecule has 8 nitrogen and oxygen atoms in total. The van der Waals surface area contributed by atoms with Gasteiger partial charge in [-0.1, -0.05) is 0 Å². The first-order chi connectivity index (χ1) is 10.2. The van der Waals surface area contributed by atoms with E-state index in [2.05, 4.69) is 29.7 Å². The van der Waals surface area contributed by atoms with Crippen molar-refractivity contribution in [1.29, 1.82) is 0 Å². The number of rotatable bonds is 3. The monoisotopic (exact) mass is 286 g/mol. The molecule has 0 spiro atoms. The van der Waals surface area contributed by atoms with Gasteiger partial charge in [0.25, 0.3) is 0 Å². The van der Waals surface area contributed by atoms with E-state index in [1.807, 2.05) is 0 Å². The van der Waals surface area contributed by atoms with Crippen LogP contribution in [0.3, 0.4) is 0 Å². The van der Waals surface area contributed by atoms with E-state index in [0.717, 1.165) is 32.1 Å². The first kappa shape index (κ1) is 13.2. The van der Waals surface area contributed by atoms with Crippen molar-refractivity contribution in [3.05, 3.63) is 36.5 Å². The first-order valence-corrected chi connectivity index (χ1v) is 6.56. The van der Waals surface area contributed by atoms with Crippen LogP contribution in [0.25, 0.3) is 0 Å². The van der Waals surface area contributed by atoms with E-state index in [-0.39, 0.29) is 5.69 Å². The summed E-state index contributed by atoms with van der Waals surface area (Å²) in [6.45, 7) is 3.09. The zero-order chi connectivity index (χ0) is 14.7. The second kappa shape index (κ2) is 5.70. The molecule has 1 saturated heterocycles. The lowest BCUT2D eigenvalue weighted by Crippen LogP contribution is -2.47. The molecule has 0 unspecified atom stereocenters. The Balaban J connectivity index is 1.64. The van der Waals surface area contributed by atoms with Gasteiger partial charge >= 0.3 is 5.97 Å². The molecular weight excluding hydrogens is 272 g/mol. The summed E-state index contributed by atoms with van der Waals surface area (Å²) in [6.07, 6.45) is 6.23. The molecule has 0 amide bonds. The minimum Gasteiger partial charge on any atom is -0.476 e. The van der Waals surface area contributed by atoms with Gasteiger partial charge < -0.3 is 14.9 Å². The predicted molar refractivity (Wildman–Crippen MR) is 75.4 cm³/mol. The first-order valence-electron chi connectivity index (χ1n) is 6.56. The highest BCUT2D eigenvalue weighted by Gasteiger charge is 2.20. The van der Waals surface area contributed by atoms with Gasteiger partial charge in [-0.2, -0.15) is 0 Å². The van der Waals surface area contributed by atoms with E-state index in [4.69, 9.17) is 5.11 Å². The van der Waals surface area contributed by atoms with Crippen molar-refractivity contribution in [2.45, 2.75) is 0 Å². The second-order valence-electron chi connectivity index (χ2n) is 4.59. The molecular formula is C13H14N6O2. The molecule has 1 N–H and O–H groups in total. The van der Waals surface area contributed by atoms with Crippen molar-refractivity contribution in [3.63, 3.8) is 0 Å². The van der Waals surface area contributed by atoms with Crippen LogP contribution < -0.4 is 9.80 Å². The molecule has 8 heteroatoms. The lowest BCUT2D eigenvalue weighted by molar-refractivity contribution is 0.0690. The van der Waals surface area contributed by atoms with Gasteiger partial charge in [0.2, 0.25) is 5.95 Å². The highest BCUT2D eigenvalue weighted by molar-refractivity contribution is 5.84. The molecule has 0 atom stereocenters. The van der Waals surface area contributed by atoms with E-state index >= 15 is 0 Å². The standard InChI is InChI=1S/C13H14N6O2/c20-12(21)10-8-17-11(9-16-10)18-4-6-19(7-5-18)13-14-2-1-3-15-13/h1-3,8-9H,4-7H2,(H,20,21). The summed E-state index contributed by atoms with van der Waals surface area (Å²) >= 11 is 0. The maximum atomic E-state index is 10.8. The Labute approximate surface area is 121 Å². The van der Waals surface area contributed by atoms with Crippen LogP contribution >= 0.6 is 0 Å². The lowest BCUT2D eigenvalue weighted by Gasteiger charge is -2.35. The van der Waals surface area contributed by atoms with Crippen molar-refractivity contribution in [1.82, 2.24) is 19.9 Å². The number of nitrogens with zero attached hydrogens (tertiary/aromatic N) is 6. The summed E-state index contributed by atoms with van der Waals surface area (Å²) in [5.74, 6) is 0.346. The lowest BCUT2D eigenvalue weighted by atomic mass is 10.3. The summed E-state index contributed by atoms with van der Waals surface area (Å²) in [4.78, 5) is 31.4. The van der Waals surface area contributed by atoms with Gasteiger partial charge in [-0.15, -0.1) is 0 Å². The molecule has 3 rings (SSSR count). The Morgan fingerprint density at radius 2 is 1.62 bits per heavy atom. The van der Waals surface area contributed by atoms with Crippen LogP contribution in [0.1, 0.15) is 10.5 Å². The van der Waals surface area contributed by atoms with Gasteiger partial charge in [-0.3, -0.25) is 0 Å². The molecule has 0 aromatic carbocycles. The largest absolute Gasteiger partial charge is 0.476 e. The molecule has 0 radical (unpaired) electrons. The van der Waals surface area contributed by atoms with Crippen molar-refractivity contribution in [2.75, 3.05) is 36.0 Å². The van der Waals surface area contributed by atoms with Gasteiger partial charge in [0.1, 0.15) is 5.82 Å². The summed E-state index contributed by atoms with van der Waals surface area (Å²) in [5, 5.41) is 8.81. The van der Waals surface area contributed by atoms with Crippen LogP contribution in [0.2, 0.25) is 0 Å². The Morgan fingerprint density at radius 1 is 0.952 bits per heavy atom. The maximum Gasteiger partial charge on any atom is 0.356 e. The van der Waals surface area contributed by atoms with Gasteiger partial charge in [-0.05, 0) is 6.07 Å². The number of carboxylic acids is 1. The van der Waals surface area contributed by atoms with Crippen molar-refractivity contribution in [2.24, 2.45) is 0 Å². The molecule has 1 aliphatic heterocycles. The quantitative estimate of drug-likeness (QED) is 0.860. The summed E-state index contributed by atoms with van der Waals surface area (Å²) < 4.78 is 0. The van der Waals surface area contributed by atoms with Crippen LogP contribution in [0.4, 0.5) is 11.8 Å². The predicted octanol–water partition coefficient (Wildman–Crippen LogP) is 0.291. The fraction of sp³-hybridized carbons (Fsp3) is 0.308. The van der Waals surface area contributed by atoms with E-state index < -0.39 is 5.97 Å². The number of carbonyl (C=O) groups is 1. The van der Waals surface area contributed by atoms with E-state index in [9.17, 15) is 4.79 Å². The smallest absolute Gasteiger partial charge is 0.356 e. The summed E-state index contributed by atoms with van der Waals surface area (Å²) in [7, 11) is 0. The van der Waals surface area contributed by atoms with Crippen LogP contribution in [0, 0.1) is 0 Å².